The molecule has 8 heteroatoms. The first-order chi connectivity index (χ1) is 14.9. The standard InChI is InChI=1S/C23H27N3O4S/c1-13(2)20(25-21(27)14-9-15(29-3)11-16(10-14)30-4)22(28)26-23-18(12-24)17-7-5-6-8-19(17)31-23/h9-11,13,20H,5-8H2,1-4H3,(H,25,27)(H,26,28)/t20-/m1/s1. The molecule has 2 N–H and O–H groups in total. The Morgan fingerprint density at radius 2 is 1.74 bits per heavy atom. The van der Waals surface area contributed by atoms with E-state index in [0.717, 1.165) is 31.2 Å². The minimum absolute atomic E-state index is 0.156. The van der Waals surface area contributed by atoms with Crippen LogP contribution in [0.5, 0.6) is 11.5 Å². The van der Waals surface area contributed by atoms with Gasteiger partial charge in [0.1, 0.15) is 28.6 Å². The highest BCUT2D eigenvalue weighted by molar-refractivity contribution is 7.16. The highest BCUT2D eigenvalue weighted by atomic mass is 32.1. The summed E-state index contributed by atoms with van der Waals surface area (Å²) in [5.41, 5.74) is 1.95. The number of hydrogen-bond donors (Lipinski definition) is 2. The number of nitrogens with one attached hydrogen (secondary N) is 2. The number of thiophene rings is 1. The molecule has 1 aromatic carbocycles. The predicted molar refractivity (Wildman–Crippen MR) is 120 cm³/mol. The fourth-order valence-electron chi connectivity index (χ4n) is 3.66. The van der Waals surface area contributed by atoms with Gasteiger partial charge in [0.2, 0.25) is 5.91 Å². The normalized spacial score (nSPS) is 13.7. The maximum Gasteiger partial charge on any atom is 0.252 e. The van der Waals surface area contributed by atoms with E-state index in [0.29, 0.717) is 27.6 Å². The van der Waals surface area contributed by atoms with Crippen molar-refractivity contribution in [1.82, 2.24) is 5.32 Å². The first kappa shape index (κ1) is 22.6. The molecule has 0 saturated heterocycles. The summed E-state index contributed by atoms with van der Waals surface area (Å²) in [7, 11) is 3.02. The lowest BCUT2D eigenvalue weighted by atomic mass is 9.96. The van der Waals surface area contributed by atoms with Crippen molar-refractivity contribution in [1.29, 1.82) is 5.26 Å². The van der Waals surface area contributed by atoms with Gasteiger partial charge in [-0.2, -0.15) is 5.26 Å². The highest BCUT2D eigenvalue weighted by Gasteiger charge is 2.28. The number of ether oxygens (including phenoxy) is 2. The second-order valence-electron chi connectivity index (χ2n) is 7.81. The summed E-state index contributed by atoms with van der Waals surface area (Å²) >= 11 is 1.47. The average Bonchev–Trinajstić information content (AvgIpc) is 3.13. The van der Waals surface area contributed by atoms with Crippen molar-refractivity contribution < 1.29 is 19.1 Å². The van der Waals surface area contributed by atoms with Crippen LogP contribution in [-0.4, -0.2) is 32.1 Å². The minimum atomic E-state index is -0.768. The lowest BCUT2D eigenvalue weighted by Crippen LogP contribution is -2.47. The molecule has 0 spiro atoms. The Bertz CT molecular complexity index is 1000. The molecule has 3 rings (SSSR count). The van der Waals surface area contributed by atoms with Crippen LogP contribution in [0, 0.1) is 17.2 Å². The zero-order valence-electron chi connectivity index (χ0n) is 18.2. The molecule has 31 heavy (non-hydrogen) atoms. The van der Waals surface area contributed by atoms with E-state index in [2.05, 4.69) is 16.7 Å². The minimum Gasteiger partial charge on any atom is -0.497 e. The van der Waals surface area contributed by atoms with Gasteiger partial charge in [0.15, 0.2) is 0 Å². The molecule has 1 heterocycles. The van der Waals surface area contributed by atoms with E-state index in [4.69, 9.17) is 9.47 Å². The smallest absolute Gasteiger partial charge is 0.252 e. The van der Waals surface area contributed by atoms with E-state index in [-0.39, 0.29) is 11.8 Å². The third-order valence-electron chi connectivity index (χ3n) is 5.37. The number of nitrogens with zero attached hydrogens (tertiary/aromatic N) is 1. The topological polar surface area (TPSA) is 100 Å². The number of benzene rings is 1. The molecule has 0 fully saturated rings. The van der Waals surface area contributed by atoms with Gasteiger partial charge in [0.05, 0.1) is 19.8 Å². The zero-order valence-corrected chi connectivity index (χ0v) is 19.0. The molecule has 0 radical (unpaired) electrons. The van der Waals surface area contributed by atoms with Gasteiger partial charge < -0.3 is 20.1 Å². The summed E-state index contributed by atoms with van der Waals surface area (Å²) in [6.07, 6.45) is 3.96. The first-order valence-corrected chi connectivity index (χ1v) is 11.1. The van der Waals surface area contributed by atoms with Crippen molar-refractivity contribution >= 4 is 28.2 Å². The largest absolute Gasteiger partial charge is 0.497 e. The lowest BCUT2D eigenvalue weighted by Gasteiger charge is -2.22. The highest BCUT2D eigenvalue weighted by Crippen LogP contribution is 2.37. The zero-order chi connectivity index (χ0) is 22.5. The van der Waals surface area contributed by atoms with Gasteiger partial charge in [-0.3, -0.25) is 9.59 Å². The molecule has 164 valence electrons. The molecule has 0 saturated carbocycles. The maximum atomic E-state index is 13.1. The third kappa shape index (κ3) is 5.00. The fourth-order valence-corrected chi connectivity index (χ4v) is 4.90. The Morgan fingerprint density at radius 1 is 1.10 bits per heavy atom. The van der Waals surface area contributed by atoms with Crippen LogP contribution in [0.4, 0.5) is 5.00 Å². The van der Waals surface area contributed by atoms with Crippen LogP contribution in [0.3, 0.4) is 0 Å². The lowest BCUT2D eigenvalue weighted by molar-refractivity contribution is -0.118. The molecule has 1 aromatic heterocycles. The molecule has 0 unspecified atom stereocenters. The number of rotatable bonds is 7. The summed E-state index contributed by atoms with van der Waals surface area (Å²) in [4.78, 5) is 27.1. The third-order valence-corrected chi connectivity index (χ3v) is 6.58. The van der Waals surface area contributed by atoms with Crippen LogP contribution in [0.2, 0.25) is 0 Å². The molecule has 2 amide bonds. The summed E-state index contributed by atoms with van der Waals surface area (Å²) in [5, 5.41) is 15.9. The van der Waals surface area contributed by atoms with Gasteiger partial charge in [0, 0.05) is 16.5 Å². The molecule has 1 aliphatic rings. The van der Waals surface area contributed by atoms with E-state index < -0.39 is 11.9 Å². The molecule has 7 nitrogen and oxygen atoms in total. The number of fused-ring (bicyclic) bond motifs is 1. The van der Waals surface area contributed by atoms with Gasteiger partial charge in [-0.05, 0) is 49.3 Å². The second-order valence-corrected chi connectivity index (χ2v) is 8.92. The monoisotopic (exact) mass is 441 g/mol. The number of hydrogen-bond acceptors (Lipinski definition) is 6. The van der Waals surface area contributed by atoms with Gasteiger partial charge in [-0.1, -0.05) is 13.8 Å². The van der Waals surface area contributed by atoms with E-state index in [1.807, 2.05) is 13.8 Å². The van der Waals surface area contributed by atoms with Crippen molar-refractivity contribution in [2.75, 3.05) is 19.5 Å². The van der Waals surface area contributed by atoms with E-state index in [9.17, 15) is 14.9 Å². The van der Waals surface area contributed by atoms with Gasteiger partial charge in [0.25, 0.3) is 5.91 Å². The van der Waals surface area contributed by atoms with Crippen molar-refractivity contribution in [3.05, 3.63) is 39.8 Å². The number of methoxy groups -OCH3 is 2. The SMILES string of the molecule is COc1cc(OC)cc(C(=O)N[C@@H](C(=O)Nc2sc3c(c2C#N)CCCC3)C(C)C)c1. The summed E-state index contributed by atoms with van der Waals surface area (Å²) < 4.78 is 10.4. The summed E-state index contributed by atoms with van der Waals surface area (Å²) in [6.45, 7) is 3.72. The number of carbonyl (C=O) groups excluding carboxylic acids is 2. The Balaban J connectivity index is 1.80. The van der Waals surface area contributed by atoms with Gasteiger partial charge in [-0.25, -0.2) is 0 Å². The number of amides is 2. The number of aryl methyl sites for hydroxylation is 1. The fraction of sp³-hybridized carbons (Fsp3) is 0.435. The van der Waals surface area contributed by atoms with Crippen LogP contribution in [0.15, 0.2) is 18.2 Å². The Morgan fingerprint density at radius 3 is 2.32 bits per heavy atom. The molecular weight excluding hydrogens is 414 g/mol. The molecule has 2 aromatic rings. The van der Waals surface area contributed by atoms with Crippen LogP contribution in [0.1, 0.15) is 53.1 Å². The Hall–Kier alpha value is -3.05. The molecule has 1 aliphatic carbocycles. The molecule has 1 atom stereocenters. The summed E-state index contributed by atoms with van der Waals surface area (Å²) in [6, 6.07) is 6.34. The predicted octanol–water partition coefficient (Wildman–Crippen LogP) is 3.91. The van der Waals surface area contributed by atoms with E-state index >= 15 is 0 Å². The van der Waals surface area contributed by atoms with Gasteiger partial charge in [-0.15, -0.1) is 11.3 Å². The second kappa shape index (κ2) is 9.84. The van der Waals surface area contributed by atoms with Crippen molar-refractivity contribution in [3.8, 4) is 17.6 Å². The molecular formula is C23H27N3O4S. The maximum absolute atomic E-state index is 13.1. The van der Waals surface area contributed by atoms with E-state index in [1.165, 1.54) is 30.4 Å². The Kier molecular flexibility index (Phi) is 7.18. The van der Waals surface area contributed by atoms with Crippen molar-refractivity contribution in [3.63, 3.8) is 0 Å². The molecule has 0 bridgehead atoms. The molecule has 0 aliphatic heterocycles. The van der Waals surface area contributed by atoms with Crippen LogP contribution in [-0.2, 0) is 17.6 Å². The number of nitriles is 1. The van der Waals surface area contributed by atoms with E-state index in [1.54, 1.807) is 18.2 Å². The first-order valence-electron chi connectivity index (χ1n) is 10.3. The quantitative estimate of drug-likeness (QED) is 0.679. The Labute approximate surface area is 186 Å². The van der Waals surface area contributed by atoms with Crippen molar-refractivity contribution in [2.45, 2.75) is 45.6 Å². The van der Waals surface area contributed by atoms with Gasteiger partial charge >= 0.3 is 0 Å². The van der Waals surface area contributed by atoms with Crippen LogP contribution in [0.25, 0.3) is 0 Å². The van der Waals surface area contributed by atoms with Crippen LogP contribution < -0.4 is 20.1 Å². The summed E-state index contributed by atoms with van der Waals surface area (Å²) in [5.74, 6) is 0.0673. The average molecular weight is 442 g/mol. The number of carbonyl (C=O) groups is 2. The number of anilines is 1. The van der Waals surface area contributed by atoms with Crippen molar-refractivity contribution in [2.24, 2.45) is 5.92 Å². The van der Waals surface area contributed by atoms with Crippen LogP contribution >= 0.6 is 11.3 Å².